The van der Waals surface area contributed by atoms with Crippen LogP contribution < -0.4 is 5.32 Å². The summed E-state index contributed by atoms with van der Waals surface area (Å²) in [5.41, 5.74) is 0.990. The minimum Gasteiger partial charge on any atom is -0.381 e. The summed E-state index contributed by atoms with van der Waals surface area (Å²) in [5.74, 6) is 0. The van der Waals surface area contributed by atoms with Crippen molar-refractivity contribution >= 4 is 0 Å². The Morgan fingerprint density at radius 3 is 2.75 bits per heavy atom. The van der Waals surface area contributed by atoms with Gasteiger partial charge in [0.05, 0.1) is 11.3 Å². The fraction of sp³-hybridized carbons (Fsp3) is 0.800. The summed E-state index contributed by atoms with van der Waals surface area (Å²) >= 11 is 0. The Labute approximate surface area is 121 Å². The predicted octanol–water partition coefficient (Wildman–Crippen LogP) is 1.53. The molecule has 0 radical (unpaired) electrons. The number of hydrogen-bond acceptors (Lipinski definition) is 4. The van der Waals surface area contributed by atoms with Crippen molar-refractivity contribution < 1.29 is 9.47 Å². The highest BCUT2D eigenvalue weighted by atomic mass is 16.5. The lowest BCUT2D eigenvalue weighted by molar-refractivity contribution is -0.126. The molecular weight excluding hydrogens is 254 g/mol. The molecule has 114 valence electrons. The fourth-order valence-corrected chi connectivity index (χ4v) is 3.07. The average molecular weight is 281 g/mol. The highest BCUT2D eigenvalue weighted by Crippen LogP contribution is 2.30. The molecule has 1 fully saturated rings. The number of aromatic nitrogens is 2. The van der Waals surface area contributed by atoms with Gasteiger partial charge in [0.1, 0.15) is 0 Å². The van der Waals surface area contributed by atoms with Gasteiger partial charge in [0.2, 0.25) is 0 Å². The molecule has 1 aromatic rings. The number of rotatable bonds is 7. The minimum absolute atomic E-state index is 0.124. The summed E-state index contributed by atoms with van der Waals surface area (Å²) in [4.78, 5) is 0. The summed E-state index contributed by atoms with van der Waals surface area (Å²) in [6.45, 7) is 7.46. The Bertz CT molecular complexity index is 394. The first-order valence-electron chi connectivity index (χ1n) is 7.64. The first-order chi connectivity index (χ1) is 9.70. The zero-order valence-electron chi connectivity index (χ0n) is 12.9. The molecule has 1 atom stereocenters. The molecular formula is C15H27N3O2. The lowest BCUT2D eigenvalue weighted by Gasteiger charge is -2.43. The molecule has 20 heavy (non-hydrogen) atoms. The van der Waals surface area contributed by atoms with Gasteiger partial charge in [0, 0.05) is 58.4 Å². The third-order valence-electron chi connectivity index (χ3n) is 4.04. The standard InChI is InChI=1S/C15H27N3O2/c1-4-16-14(12-13-6-9-18(3)17-13)15(20-5-2)7-10-19-11-8-15/h6,9,14,16H,4-5,7-8,10-12H2,1-3H3. The quantitative estimate of drug-likeness (QED) is 0.823. The molecule has 0 saturated carbocycles. The first-order valence-corrected chi connectivity index (χ1v) is 7.64. The maximum Gasteiger partial charge on any atom is 0.0882 e. The van der Waals surface area contributed by atoms with Crippen LogP contribution in [0.1, 0.15) is 32.4 Å². The first kappa shape index (κ1) is 15.5. The zero-order chi connectivity index (χ0) is 14.4. The molecule has 1 unspecified atom stereocenters. The Morgan fingerprint density at radius 2 is 2.20 bits per heavy atom. The van der Waals surface area contributed by atoms with Crippen molar-refractivity contribution in [3.63, 3.8) is 0 Å². The van der Waals surface area contributed by atoms with Gasteiger partial charge >= 0.3 is 0 Å². The van der Waals surface area contributed by atoms with Crippen molar-refractivity contribution in [1.82, 2.24) is 15.1 Å². The van der Waals surface area contributed by atoms with Crippen LogP contribution in [-0.4, -0.2) is 47.8 Å². The van der Waals surface area contributed by atoms with Crippen LogP contribution in [0.3, 0.4) is 0 Å². The van der Waals surface area contributed by atoms with Gasteiger partial charge in [-0.1, -0.05) is 6.92 Å². The number of nitrogens with one attached hydrogen (secondary N) is 1. The van der Waals surface area contributed by atoms with Gasteiger partial charge in [-0.2, -0.15) is 5.10 Å². The highest BCUT2D eigenvalue weighted by molar-refractivity contribution is 5.06. The molecule has 2 heterocycles. The van der Waals surface area contributed by atoms with Crippen molar-refractivity contribution in [2.45, 2.75) is 44.8 Å². The minimum atomic E-state index is -0.124. The second-order valence-electron chi connectivity index (χ2n) is 5.41. The van der Waals surface area contributed by atoms with Gasteiger partial charge < -0.3 is 14.8 Å². The van der Waals surface area contributed by atoms with Crippen molar-refractivity contribution in [2.75, 3.05) is 26.4 Å². The van der Waals surface area contributed by atoms with Gasteiger partial charge in [0.15, 0.2) is 0 Å². The Kier molecular flexibility index (Phi) is 5.57. The van der Waals surface area contributed by atoms with E-state index in [1.807, 2.05) is 17.9 Å². The van der Waals surface area contributed by atoms with E-state index in [0.717, 1.165) is 51.3 Å². The lowest BCUT2D eigenvalue weighted by atomic mass is 9.83. The number of aryl methyl sites for hydroxylation is 1. The molecule has 0 amide bonds. The molecule has 0 spiro atoms. The normalized spacial score (nSPS) is 19.9. The zero-order valence-corrected chi connectivity index (χ0v) is 12.9. The maximum atomic E-state index is 6.19. The van der Waals surface area contributed by atoms with E-state index in [9.17, 15) is 0 Å². The van der Waals surface area contributed by atoms with Crippen LogP contribution in [0.4, 0.5) is 0 Å². The number of likely N-dealkylation sites (N-methyl/N-ethyl adjacent to an activating group) is 1. The number of hydrogen-bond donors (Lipinski definition) is 1. The molecule has 2 rings (SSSR count). The summed E-state index contributed by atoms with van der Waals surface area (Å²) in [7, 11) is 1.96. The van der Waals surface area contributed by atoms with E-state index < -0.39 is 0 Å². The Balaban J connectivity index is 2.14. The van der Waals surface area contributed by atoms with Crippen LogP contribution in [0.25, 0.3) is 0 Å². The summed E-state index contributed by atoms with van der Waals surface area (Å²) in [5, 5.41) is 8.11. The molecule has 0 aromatic carbocycles. The molecule has 5 nitrogen and oxygen atoms in total. The molecule has 0 bridgehead atoms. The highest BCUT2D eigenvalue weighted by Gasteiger charge is 2.41. The monoisotopic (exact) mass is 281 g/mol. The second-order valence-corrected chi connectivity index (χ2v) is 5.41. The molecule has 1 aliphatic rings. The van der Waals surface area contributed by atoms with Crippen molar-refractivity contribution in [1.29, 1.82) is 0 Å². The van der Waals surface area contributed by atoms with Gasteiger partial charge in [-0.25, -0.2) is 0 Å². The number of nitrogens with zero attached hydrogens (tertiary/aromatic N) is 2. The molecule has 5 heteroatoms. The smallest absolute Gasteiger partial charge is 0.0882 e. The Hall–Kier alpha value is -0.910. The average Bonchev–Trinajstić information content (AvgIpc) is 2.85. The van der Waals surface area contributed by atoms with Crippen LogP contribution in [0, 0.1) is 0 Å². The molecule has 0 aliphatic carbocycles. The van der Waals surface area contributed by atoms with Gasteiger partial charge in [-0.05, 0) is 19.5 Å². The third-order valence-corrected chi connectivity index (χ3v) is 4.04. The molecule has 1 aromatic heterocycles. The fourth-order valence-electron chi connectivity index (χ4n) is 3.07. The second kappa shape index (κ2) is 7.20. The van der Waals surface area contributed by atoms with Gasteiger partial charge in [-0.3, -0.25) is 4.68 Å². The maximum absolute atomic E-state index is 6.19. The van der Waals surface area contributed by atoms with E-state index in [2.05, 4.69) is 30.3 Å². The van der Waals surface area contributed by atoms with E-state index in [4.69, 9.17) is 9.47 Å². The van der Waals surface area contributed by atoms with Gasteiger partial charge in [-0.15, -0.1) is 0 Å². The van der Waals surface area contributed by atoms with E-state index in [0.29, 0.717) is 0 Å². The van der Waals surface area contributed by atoms with Crippen molar-refractivity contribution in [2.24, 2.45) is 7.05 Å². The summed E-state index contributed by atoms with van der Waals surface area (Å²) in [6.07, 6.45) is 4.79. The van der Waals surface area contributed by atoms with Crippen LogP contribution >= 0.6 is 0 Å². The lowest BCUT2D eigenvalue weighted by Crippen LogP contribution is -2.56. The van der Waals surface area contributed by atoms with Crippen LogP contribution in [0.2, 0.25) is 0 Å². The SMILES string of the molecule is CCNC(Cc1ccn(C)n1)C1(OCC)CCOCC1. The molecule has 1 aliphatic heterocycles. The van der Waals surface area contributed by atoms with E-state index in [1.165, 1.54) is 0 Å². The predicted molar refractivity (Wildman–Crippen MR) is 78.8 cm³/mol. The van der Waals surface area contributed by atoms with Crippen molar-refractivity contribution in [3.8, 4) is 0 Å². The Morgan fingerprint density at radius 1 is 1.45 bits per heavy atom. The van der Waals surface area contributed by atoms with Crippen LogP contribution in [0.5, 0.6) is 0 Å². The van der Waals surface area contributed by atoms with E-state index in [-0.39, 0.29) is 11.6 Å². The van der Waals surface area contributed by atoms with Crippen LogP contribution in [-0.2, 0) is 22.9 Å². The van der Waals surface area contributed by atoms with Crippen LogP contribution in [0.15, 0.2) is 12.3 Å². The van der Waals surface area contributed by atoms with Gasteiger partial charge in [0.25, 0.3) is 0 Å². The topological polar surface area (TPSA) is 48.3 Å². The third kappa shape index (κ3) is 3.59. The van der Waals surface area contributed by atoms with Crippen molar-refractivity contribution in [3.05, 3.63) is 18.0 Å². The summed E-state index contributed by atoms with van der Waals surface area (Å²) in [6, 6.07) is 2.37. The molecule has 1 N–H and O–H groups in total. The van der Waals surface area contributed by atoms with E-state index in [1.54, 1.807) is 0 Å². The molecule has 1 saturated heterocycles. The summed E-state index contributed by atoms with van der Waals surface area (Å²) < 4.78 is 13.6. The number of ether oxygens (including phenoxy) is 2. The largest absolute Gasteiger partial charge is 0.381 e. The van der Waals surface area contributed by atoms with E-state index >= 15 is 0 Å².